The van der Waals surface area contributed by atoms with E-state index in [4.69, 9.17) is 0 Å². The first-order valence-electron chi connectivity index (χ1n) is 5.00. The van der Waals surface area contributed by atoms with Crippen LogP contribution in [-0.4, -0.2) is 41.6 Å². The number of aromatic amines is 1. The SMILES string of the molecule is CC(CN(C)C)C(=O)NCc1ccn[nH]1. The largest absolute Gasteiger partial charge is 0.350 e. The lowest BCUT2D eigenvalue weighted by molar-refractivity contribution is -0.125. The Morgan fingerprint density at radius 2 is 2.40 bits per heavy atom. The molecule has 0 fully saturated rings. The molecule has 0 radical (unpaired) electrons. The third-order valence-electron chi connectivity index (χ3n) is 2.10. The zero-order valence-electron chi connectivity index (χ0n) is 9.45. The zero-order valence-corrected chi connectivity index (χ0v) is 9.45. The van der Waals surface area contributed by atoms with Crippen molar-refractivity contribution in [3.8, 4) is 0 Å². The van der Waals surface area contributed by atoms with Crippen LogP contribution in [-0.2, 0) is 11.3 Å². The van der Waals surface area contributed by atoms with Crippen LogP contribution in [0.3, 0.4) is 0 Å². The lowest BCUT2D eigenvalue weighted by Crippen LogP contribution is -2.34. The number of nitrogens with zero attached hydrogens (tertiary/aromatic N) is 2. The quantitative estimate of drug-likeness (QED) is 0.731. The summed E-state index contributed by atoms with van der Waals surface area (Å²) >= 11 is 0. The van der Waals surface area contributed by atoms with Gasteiger partial charge in [0.25, 0.3) is 0 Å². The highest BCUT2D eigenvalue weighted by atomic mass is 16.1. The number of hydrogen-bond acceptors (Lipinski definition) is 3. The molecule has 84 valence electrons. The number of hydrogen-bond donors (Lipinski definition) is 2. The molecule has 1 heterocycles. The van der Waals surface area contributed by atoms with Gasteiger partial charge in [-0.1, -0.05) is 6.92 Å². The summed E-state index contributed by atoms with van der Waals surface area (Å²) < 4.78 is 0. The Hall–Kier alpha value is -1.36. The first kappa shape index (κ1) is 11.7. The highest BCUT2D eigenvalue weighted by Gasteiger charge is 2.12. The second kappa shape index (κ2) is 5.50. The highest BCUT2D eigenvalue weighted by Crippen LogP contribution is 1.98. The summed E-state index contributed by atoms with van der Waals surface area (Å²) in [6, 6.07) is 1.84. The minimum Gasteiger partial charge on any atom is -0.350 e. The van der Waals surface area contributed by atoms with Gasteiger partial charge in [0, 0.05) is 18.7 Å². The van der Waals surface area contributed by atoms with E-state index in [2.05, 4.69) is 15.5 Å². The Balaban J connectivity index is 2.29. The van der Waals surface area contributed by atoms with Gasteiger partial charge in [-0.25, -0.2) is 0 Å². The van der Waals surface area contributed by atoms with Gasteiger partial charge < -0.3 is 10.2 Å². The summed E-state index contributed by atoms with van der Waals surface area (Å²) in [5.41, 5.74) is 0.917. The zero-order chi connectivity index (χ0) is 11.3. The smallest absolute Gasteiger partial charge is 0.224 e. The Morgan fingerprint density at radius 1 is 1.67 bits per heavy atom. The number of nitrogens with one attached hydrogen (secondary N) is 2. The molecular weight excluding hydrogens is 192 g/mol. The van der Waals surface area contributed by atoms with Gasteiger partial charge in [0.1, 0.15) is 0 Å². The first-order valence-corrected chi connectivity index (χ1v) is 5.00. The molecule has 1 amide bonds. The summed E-state index contributed by atoms with van der Waals surface area (Å²) in [7, 11) is 3.91. The predicted molar refractivity (Wildman–Crippen MR) is 58.2 cm³/mol. The van der Waals surface area contributed by atoms with Gasteiger partial charge in [0.2, 0.25) is 5.91 Å². The number of H-pyrrole nitrogens is 1. The molecule has 5 heteroatoms. The molecule has 0 aliphatic heterocycles. The van der Waals surface area contributed by atoms with E-state index < -0.39 is 0 Å². The Kier molecular flexibility index (Phi) is 4.30. The van der Waals surface area contributed by atoms with Crippen LogP contribution in [0.15, 0.2) is 12.3 Å². The van der Waals surface area contributed by atoms with E-state index in [9.17, 15) is 4.79 Å². The van der Waals surface area contributed by atoms with Crippen molar-refractivity contribution < 1.29 is 4.79 Å². The van der Waals surface area contributed by atoms with Crippen molar-refractivity contribution in [1.82, 2.24) is 20.4 Å². The van der Waals surface area contributed by atoms with Crippen molar-refractivity contribution in [2.24, 2.45) is 5.92 Å². The van der Waals surface area contributed by atoms with Crippen molar-refractivity contribution in [3.63, 3.8) is 0 Å². The van der Waals surface area contributed by atoms with Crippen molar-refractivity contribution in [1.29, 1.82) is 0 Å². The minimum absolute atomic E-state index is 0.00271. The molecule has 1 rings (SSSR count). The molecule has 2 N–H and O–H groups in total. The number of rotatable bonds is 5. The van der Waals surface area contributed by atoms with Crippen LogP contribution in [0.25, 0.3) is 0 Å². The molecule has 0 saturated heterocycles. The van der Waals surface area contributed by atoms with Crippen molar-refractivity contribution in [3.05, 3.63) is 18.0 Å². The average Bonchev–Trinajstić information content (AvgIpc) is 2.65. The molecule has 0 aliphatic carbocycles. The maximum Gasteiger partial charge on any atom is 0.224 e. The maximum absolute atomic E-state index is 11.6. The Labute approximate surface area is 89.9 Å². The van der Waals surface area contributed by atoms with Crippen molar-refractivity contribution >= 4 is 5.91 Å². The third-order valence-corrected chi connectivity index (χ3v) is 2.10. The minimum atomic E-state index is 0.00271. The maximum atomic E-state index is 11.6. The van der Waals surface area contributed by atoms with Crippen LogP contribution in [0, 0.1) is 5.92 Å². The number of carbonyl (C=O) groups is 1. The molecule has 5 nitrogen and oxygen atoms in total. The van der Waals surface area contributed by atoms with Gasteiger partial charge in [-0.15, -0.1) is 0 Å². The summed E-state index contributed by atoms with van der Waals surface area (Å²) in [5.74, 6) is 0.0706. The lowest BCUT2D eigenvalue weighted by Gasteiger charge is -2.16. The standard InChI is InChI=1S/C10H18N4O/c1-8(7-14(2)3)10(15)11-6-9-4-5-12-13-9/h4-5,8H,6-7H2,1-3H3,(H,11,15)(H,12,13). The molecule has 0 bridgehead atoms. The van der Waals surface area contributed by atoms with Gasteiger partial charge in [-0.05, 0) is 20.2 Å². The molecule has 0 saturated carbocycles. The molecule has 0 aliphatic rings. The van der Waals surface area contributed by atoms with Crippen LogP contribution >= 0.6 is 0 Å². The summed E-state index contributed by atoms with van der Waals surface area (Å²) in [6.07, 6.45) is 1.67. The monoisotopic (exact) mass is 210 g/mol. The van der Waals surface area contributed by atoms with E-state index in [-0.39, 0.29) is 11.8 Å². The fourth-order valence-electron chi connectivity index (χ4n) is 1.37. The van der Waals surface area contributed by atoms with E-state index in [1.807, 2.05) is 32.0 Å². The summed E-state index contributed by atoms with van der Waals surface area (Å²) in [4.78, 5) is 13.6. The molecule has 1 unspecified atom stereocenters. The topological polar surface area (TPSA) is 61.0 Å². The number of amides is 1. The average molecular weight is 210 g/mol. The van der Waals surface area contributed by atoms with Gasteiger partial charge in [-0.3, -0.25) is 9.89 Å². The summed E-state index contributed by atoms with van der Waals surface area (Å²) in [5, 5.41) is 9.46. The number of aromatic nitrogens is 2. The molecule has 1 atom stereocenters. The molecular formula is C10H18N4O. The molecule has 1 aromatic heterocycles. The normalized spacial score (nSPS) is 12.8. The van der Waals surface area contributed by atoms with Crippen LogP contribution in [0.2, 0.25) is 0 Å². The van der Waals surface area contributed by atoms with Crippen LogP contribution in [0.1, 0.15) is 12.6 Å². The first-order chi connectivity index (χ1) is 7.09. The van der Waals surface area contributed by atoms with E-state index in [0.29, 0.717) is 6.54 Å². The van der Waals surface area contributed by atoms with Gasteiger partial charge in [0.15, 0.2) is 0 Å². The fraction of sp³-hybridized carbons (Fsp3) is 0.600. The van der Waals surface area contributed by atoms with Crippen LogP contribution in [0.5, 0.6) is 0 Å². The van der Waals surface area contributed by atoms with Crippen molar-refractivity contribution in [2.45, 2.75) is 13.5 Å². The fourth-order valence-corrected chi connectivity index (χ4v) is 1.37. The second-order valence-corrected chi connectivity index (χ2v) is 3.96. The Morgan fingerprint density at radius 3 is 2.93 bits per heavy atom. The molecule has 1 aromatic rings. The second-order valence-electron chi connectivity index (χ2n) is 3.96. The summed E-state index contributed by atoms with van der Waals surface area (Å²) in [6.45, 7) is 3.19. The Bertz CT molecular complexity index is 294. The molecule has 15 heavy (non-hydrogen) atoms. The van der Waals surface area contributed by atoms with Crippen LogP contribution in [0.4, 0.5) is 0 Å². The van der Waals surface area contributed by atoms with E-state index >= 15 is 0 Å². The number of carbonyl (C=O) groups excluding carboxylic acids is 1. The van der Waals surface area contributed by atoms with Gasteiger partial charge in [0.05, 0.1) is 12.2 Å². The molecule has 0 spiro atoms. The van der Waals surface area contributed by atoms with Gasteiger partial charge >= 0.3 is 0 Å². The molecule has 0 aromatic carbocycles. The van der Waals surface area contributed by atoms with E-state index in [1.165, 1.54) is 0 Å². The predicted octanol–water partition coefficient (Wildman–Crippen LogP) is 0.224. The van der Waals surface area contributed by atoms with Gasteiger partial charge in [-0.2, -0.15) is 5.10 Å². The van der Waals surface area contributed by atoms with Crippen LogP contribution < -0.4 is 5.32 Å². The lowest BCUT2D eigenvalue weighted by atomic mass is 10.1. The van der Waals surface area contributed by atoms with E-state index in [1.54, 1.807) is 6.20 Å². The third kappa shape index (κ3) is 4.12. The highest BCUT2D eigenvalue weighted by molar-refractivity contribution is 5.78. The van der Waals surface area contributed by atoms with E-state index in [0.717, 1.165) is 12.2 Å². The van der Waals surface area contributed by atoms with Crippen molar-refractivity contribution in [2.75, 3.05) is 20.6 Å².